The third kappa shape index (κ3) is 3.78. The number of benzene rings is 1. The minimum Gasteiger partial charge on any atom is -0.493 e. The molecule has 15 heavy (non-hydrogen) atoms. The van der Waals surface area contributed by atoms with Crippen LogP contribution in [0.3, 0.4) is 0 Å². The van der Waals surface area contributed by atoms with Gasteiger partial charge in [-0.1, -0.05) is 43.7 Å². The molecule has 0 aliphatic carbocycles. The zero-order valence-electron chi connectivity index (χ0n) is 9.92. The first-order valence-electron chi connectivity index (χ1n) is 5.61. The number of allylic oxidation sites excluding steroid dienone is 1. The first kappa shape index (κ1) is 11.8. The first-order valence-corrected chi connectivity index (χ1v) is 5.61. The van der Waals surface area contributed by atoms with Crippen molar-refractivity contribution in [1.29, 1.82) is 0 Å². The maximum Gasteiger partial charge on any atom is 0.125 e. The van der Waals surface area contributed by atoms with Crippen molar-refractivity contribution in [3.63, 3.8) is 0 Å². The minimum absolute atomic E-state index is 0.811. The molecule has 0 aliphatic rings. The highest BCUT2D eigenvalue weighted by atomic mass is 16.5. The van der Waals surface area contributed by atoms with Crippen LogP contribution >= 0.6 is 0 Å². The van der Waals surface area contributed by atoms with E-state index in [1.807, 2.05) is 18.2 Å². The first-order chi connectivity index (χ1) is 7.25. The van der Waals surface area contributed by atoms with Crippen LogP contribution in [-0.4, -0.2) is 6.61 Å². The fourth-order valence-corrected chi connectivity index (χ4v) is 1.42. The molecular formula is C14H20O. The van der Waals surface area contributed by atoms with Gasteiger partial charge in [-0.3, -0.25) is 0 Å². The number of unbranched alkanes of at least 4 members (excludes halogenated alkanes) is 1. The van der Waals surface area contributed by atoms with Crippen molar-refractivity contribution in [2.24, 2.45) is 0 Å². The van der Waals surface area contributed by atoms with Gasteiger partial charge in [0.2, 0.25) is 0 Å². The van der Waals surface area contributed by atoms with Crippen LogP contribution < -0.4 is 0 Å². The van der Waals surface area contributed by atoms with E-state index in [0.717, 1.165) is 18.8 Å². The predicted octanol–water partition coefficient (Wildman–Crippen LogP) is 4.25. The molecule has 0 saturated heterocycles. The van der Waals surface area contributed by atoms with Crippen LogP contribution in [0.5, 0.6) is 0 Å². The molecule has 0 N–H and O–H groups in total. The monoisotopic (exact) mass is 204 g/mol. The summed E-state index contributed by atoms with van der Waals surface area (Å²) in [4.78, 5) is 0. The summed E-state index contributed by atoms with van der Waals surface area (Å²) in [6, 6.07) is 10.3. The van der Waals surface area contributed by atoms with Gasteiger partial charge in [0.25, 0.3) is 0 Å². The van der Waals surface area contributed by atoms with Gasteiger partial charge in [0.05, 0.1) is 6.61 Å². The van der Waals surface area contributed by atoms with Gasteiger partial charge in [0, 0.05) is 5.56 Å². The number of ether oxygens (including phenoxy) is 1. The molecule has 0 aromatic heterocycles. The molecule has 0 aliphatic heterocycles. The second-order valence-electron chi connectivity index (χ2n) is 3.90. The summed E-state index contributed by atoms with van der Waals surface area (Å²) < 4.78 is 5.81. The highest BCUT2D eigenvalue weighted by Crippen LogP contribution is 2.19. The van der Waals surface area contributed by atoms with Gasteiger partial charge in [0.1, 0.15) is 5.76 Å². The molecule has 0 amide bonds. The Morgan fingerprint density at radius 3 is 2.33 bits per heavy atom. The van der Waals surface area contributed by atoms with Gasteiger partial charge in [-0.25, -0.2) is 0 Å². The van der Waals surface area contributed by atoms with Crippen molar-refractivity contribution in [2.75, 3.05) is 6.61 Å². The molecule has 0 radical (unpaired) electrons. The summed E-state index contributed by atoms with van der Waals surface area (Å²) in [5, 5.41) is 0. The molecular weight excluding hydrogens is 184 g/mol. The van der Waals surface area contributed by atoms with Gasteiger partial charge in [-0.2, -0.15) is 0 Å². The Labute approximate surface area is 92.8 Å². The van der Waals surface area contributed by atoms with Crippen LogP contribution in [0.25, 0.3) is 5.76 Å². The van der Waals surface area contributed by atoms with Crippen LogP contribution in [0.15, 0.2) is 35.9 Å². The van der Waals surface area contributed by atoms with Gasteiger partial charge in [0.15, 0.2) is 0 Å². The molecule has 0 spiro atoms. The van der Waals surface area contributed by atoms with Crippen molar-refractivity contribution in [3.8, 4) is 0 Å². The van der Waals surface area contributed by atoms with Crippen molar-refractivity contribution >= 4 is 5.76 Å². The lowest BCUT2D eigenvalue weighted by molar-refractivity contribution is 0.268. The zero-order valence-corrected chi connectivity index (χ0v) is 9.92. The molecule has 1 rings (SSSR count). The SMILES string of the molecule is CCCCOC(=C(C)C)c1ccccc1. The summed E-state index contributed by atoms with van der Waals surface area (Å²) in [5.41, 5.74) is 2.41. The van der Waals surface area contributed by atoms with Crippen molar-refractivity contribution in [3.05, 3.63) is 41.5 Å². The molecule has 0 saturated carbocycles. The molecule has 0 fully saturated rings. The molecule has 1 aromatic carbocycles. The Kier molecular flexibility index (Phi) is 4.96. The molecule has 1 nitrogen and oxygen atoms in total. The Morgan fingerprint density at radius 1 is 1.13 bits per heavy atom. The minimum atomic E-state index is 0.811. The lowest BCUT2D eigenvalue weighted by Gasteiger charge is -2.12. The van der Waals surface area contributed by atoms with E-state index < -0.39 is 0 Å². The maximum atomic E-state index is 5.81. The summed E-state index contributed by atoms with van der Waals surface area (Å²) in [6.45, 7) is 7.17. The number of hydrogen-bond acceptors (Lipinski definition) is 1. The smallest absolute Gasteiger partial charge is 0.125 e. The topological polar surface area (TPSA) is 9.23 Å². The van der Waals surface area contributed by atoms with E-state index in [9.17, 15) is 0 Å². The molecule has 0 atom stereocenters. The lowest BCUT2D eigenvalue weighted by atomic mass is 10.1. The predicted molar refractivity (Wildman–Crippen MR) is 65.6 cm³/mol. The molecule has 0 bridgehead atoms. The van der Waals surface area contributed by atoms with E-state index in [2.05, 4.69) is 32.9 Å². The highest BCUT2D eigenvalue weighted by Gasteiger charge is 2.03. The van der Waals surface area contributed by atoms with Gasteiger partial charge in [-0.15, -0.1) is 0 Å². The van der Waals surface area contributed by atoms with E-state index in [0.29, 0.717) is 0 Å². The highest BCUT2D eigenvalue weighted by molar-refractivity contribution is 5.62. The Bertz CT molecular complexity index is 307. The van der Waals surface area contributed by atoms with Gasteiger partial charge >= 0.3 is 0 Å². The molecule has 1 aromatic rings. The average molecular weight is 204 g/mol. The van der Waals surface area contributed by atoms with Gasteiger partial charge in [-0.05, 0) is 25.8 Å². The largest absolute Gasteiger partial charge is 0.493 e. The average Bonchev–Trinajstić information content (AvgIpc) is 2.25. The van der Waals surface area contributed by atoms with Crippen LogP contribution in [0.2, 0.25) is 0 Å². The van der Waals surface area contributed by atoms with Gasteiger partial charge < -0.3 is 4.74 Å². The van der Waals surface area contributed by atoms with Crippen LogP contribution in [0.4, 0.5) is 0 Å². The lowest BCUT2D eigenvalue weighted by Crippen LogP contribution is -1.96. The summed E-state index contributed by atoms with van der Waals surface area (Å²) in [5.74, 6) is 1.03. The van der Waals surface area contributed by atoms with E-state index in [4.69, 9.17) is 4.74 Å². The molecule has 1 heteroatoms. The normalized spacial score (nSPS) is 9.80. The third-order valence-corrected chi connectivity index (χ3v) is 2.23. The van der Waals surface area contributed by atoms with Crippen LogP contribution in [-0.2, 0) is 4.74 Å². The Balaban J connectivity index is 2.73. The van der Waals surface area contributed by atoms with Crippen LogP contribution in [0, 0.1) is 0 Å². The second kappa shape index (κ2) is 6.28. The fourth-order valence-electron chi connectivity index (χ4n) is 1.42. The Hall–Kier alpha value is -1.24. The summed E-state index contributed by atoms with van der Waals surface area (Å²) >= 11 is 0. The molecule has 0 heterocycles. The Morgan fingerprint density at radius 2 is 1.80 bits per heavy atom. The van der Waals surface area contributed by atoms with E-state index >= 15 is 0 Å². The second-order valence-corrected chi connectivity index (χ2v) is 3.90. The molecule has 82 valence electrons. The summed E-state index contributed by atoms with van der Waals surface area (Å²) in [7, 11) is 0. The van der Waals surface area contributed by atoms with E-state index in [1.165, 1.54) is 17.6 Å². The maximum absolute atomic E-state index is 5.81. The number of hydrogen-bond donors (Lipinski definition) is 0. The quantitative estimate of drug-likeness (QED) is 0.514. The zero-order chi connectivity index (χ0) is 11.1. The van der Waals surface area contributed by atoms with E-state index in [-0.39, 0.29) is 0 Å². The number of rotatable bonds is 5. The fraction of sp³-hybridized carbons (Fsp3) is 0.429. The summed E-state index contributed by atoms with van der Waals surface area (Å²) in [6.07, 6.45) is 2.29. The van der Waals surface area contributed by atoms with Crippen molar-refractivity contribution < 1.29 is 4.74 Å². The van der Waals surface area contributed by atoms with E-state index in [1.54, 1.807) is 0 Å². The van der Waals surface area contributed by atoms with Crippen molar-refractivity contribution in [2.45, 2.75) is 33.6 Å². The van der Waals surface area contributed by atoms with Crippen molar-refractivity contribution in [1.82, 2.24) is 0 Å². The van der Waals surface area contributed by atoms with Crippen LogP contribution in [0.1, 0.15) is 39.2 Å². The standard InChI is InChI=1S/C14H20O/c1-4-5-11-15-14(12(2)3)13-9-7-6-8-10-13/h6-10H,4-5,11H2,1-3H3. The molecule has 0 unspecified atom stereocenters. The third-order valence-electron chi connectivity index (χ3n) is 2.23.